The topological polar surface area (TPSA) is 71.1 Å². The normalized spacial score (nSPS) is 11.1. The van der Waals surface area contributed by atoms with Gasteiger partial charge in [-0.15, -0.1) is 0 Å². The molecule has 0 atom stereocenters. The molecule has 0 saturated heterocycles. The molecule has 0 fully saturated rings. The van der Waals surface area contributed by atoms with Crippen molar-refractivity contribution in [2.75, 3.05) is 12.0 Å². The second kappa shape index (κ2) is 7.61. The van der Waals surface area contributed by atoms with Gasteiger partial charge in [-0.3, -0.25) is 14.7 Å². The average molecular weight is 414 g/mol. The molecule has 0 radical (unpaired) electrons. The number of nitrogens with zero attached hydrogens (tertiary/aromatic N) is 3. The summed E-state index contributed by atoms with van der Waals surface area (Å²) in [4.78, 5) is 27.5. The number of benzene rings is 2. The summed E-state index contributed by atoms with van der Waals surface area (Å²) in [5, 5.41) is 1.51. The highest BCUT2D eigenvalue weighted by Gasteiger charge is 2.24. The monoisotopic (exact) mass is 414 g/mol. The number of carbonyl (C=O) groups is 1. The summed E-state index contributed by atoms with van der Waals surface area (Å²) < 4.78 is 6.42. The van der Waals surface area contributed by atoms with Gasteiger partial charge in [0, 0.05) is 29.5 Å². The number of fused-ring (bicyclic) bond motifs is 2. The molecule has 30 heavy (non-hydrogen) atoms. The van der Waals surface area contributed by atoms with Crippen LogP contribution >= 0.6 is 11.3 Å². The van der Waals surface area contributed by atoms with Crippen LogP contribution in [0.15, 0.2) is 73.2 Å². The Labute approximate surface area is 176 Å². The molecule has 5 aromatic rings. The fraction of sp³-hybridized carbons (Fsp3) is 0.0870. The zero-order chi connectivity index (χ0) is 20.5. The minimum Gasteiger partial charge on any atom is -0.494 e. The van der Waals surface area contributed by atoms with Crippen LogP contribution in [-0.4, -0.2) is 28.0 Å². The molecule has 0 spiro atoms. The Morgan fingerprint density at radius 3 is 2.87 bits per heavy atom. The number of aromatic amines is 1. The maximum absolute atomic E-state index is 13.7. The number of anilines is 1. The van der Waals surface area contributed by atoms with Gasteiger partial charge in [0.05, 0.1) is 23.9 Å². The second-order valence-electron chi connectivity index (χ2n) is 6.80. The molecule has 148 valence electrons. The Kier molecular flexibility index (Phi) is 4.65. The lowest BCUT2D eigenvalue weighted by Gasteiger charge is -2.19. The van der Waals surface area contributed by atoms with Crippen molar-refractivity contribution in [1.82, 2.24) is 15.0 Å². The van der Waals surface area contributed by atoms with Gasteiger partial charge in [-0.2, -0.15) is 0 Å². The van der Waals surface area contributed by atoms with E-state index in [1.54, 1.807) is 30.6 Å². The molecule has 2 aromatic carbocycles. The van der Waals surface area contributed by atoms with E-state index in [1.807, 2.05) is 54.6 Å². The minimum absolute atomic E-state index is 0.116. The molecule has 0 saturated carbocycles. The molecule has 7 heteroatoms. The van der Waals surface area contributed by atoms with Gasteiger partial charge in [0.1, 0.15) is 11.3 Å². The van der Waals surface area contributed by atoms with Crippen molar-refractivity contribution in [3.63, 3.8) is 0 Å². The van der Waals surface area contributed by atoms with E-state index in [9.17, 15) is 4.79 Å². The number of hydrogen-bond donors (Lipinski definition) is 1. The second-order valence-corrected chi connectivity index (χ2v) is 7.81. The third-order valence-electron chi connectivity index (χ3n) is 4.95. The van der Waals surface area contributed by atoms with E-state index in [0.717, 1.165) is 26.7 Å². The first-order valence-electron chi connectivity index (χ1n) is 9.45. The van der Waals surface area contributed by atoms with Gasteiger partial charge in [-0.05, 0) is 29.8 Å². The number of carbonyl (C=O) groups excluding carboxylic acids is 1. The highest BCUT2D eigenvalue weighted by atomic mass is 32.1. The number of para-hydroxylation sites is 2. The summed E-state index contributed by atoms with van der Waals surface area (Å²) >= 11 is 1.47. The zero-order valence-corrected chi connectivity index (χ0v) is 17.0. The lowest BCUT2D eigenvalue weighted by atomic mass is 10.1. The van der Waals surface area contributed by atoms with Gasteiger partial charge < -0.3 is 9.72 Å². The minimum atomic E-state index is -0.116. The van der Waals surface area contributed by atoms with Crippen LogP contribution < -0.4 is 9.64 Å². The SMILES string of the molecule is COc1cccc2sc(N(Cc3cccnc3)C(=O)c3c[nH]c4ccccc34)nc12. The fourth-order valence-corrected chi connectivity index (χ4v) is 4.47. The molecule has 1 amide bonds. The largest absolute Gasteiger partial charge is 0.494 e. The van der Waals surface area contributed by atoms with Crippen LogP contribution in [0.5, 0.6) is 5.75 Å². The van der Waals surface area contributed by atoms with E-state index in [-0.39, 0.29) is 5.91 Å². The summed E-state index contributed by atoms with van der Waals surface area (Å²) in [6.07, 6.45) is 5.25. The maximum Gasteiger partial charge on any atom is 0.262 e. The molecule has 0 bridgehead atoms. The Morgan fingerprint density at radius 2 is 2.03 bits per heavy atom. The lowest BCUT2D eigenvalue weighted by Crippen LogP contribution is -2.30. The predicted octanol–water partition coefficient (Wildman–Crippen LogP) is 5.03. The number of rotatable bonds is 5. The van der Waals surface area contributed by atoms with Gasteiger partial charge in [0.15, 0.2) is 5.13 Å². The third kappa shape index (κ3) is 3.19. The van der Waals surface area contributed by atoms with Crippen LogP contribution in [0.25, 0.3) is 21.1 Å². The number of ether oxygens (including phenoxy) is 1. The van der Waals surface area contributed by atoms with E-state index in [1.165, 1.54) is 11.3 Å². The first-order valence-corrected chi connectivity index (χ1v) is 10.3. The number of methoxy groups -OCH3 is 1. The molecule has 3 heterocycles. The summed E-state index contributed by atoms with van der Waals surface area (Å²) in [5.74, 6) is 0.574. The first kappa shape index (κ1) is 18.3. The number of hydrogen-bond acceptors (Lipinski definition) is 5. The van der Waals surface area contributed by atoms with Crippen LogP contribution in [0.4, 0.5) is 5.13 Å². The fourth-order valence-electron chi connectivity index (χ4n) is 3.49. The van der Waals surface area contributed by atoms with Crippen LogP contribution in [0.3, 0.4) is 0 Å². The van der Waals surface area contributed by atoms with Crippen molar-refractivity contribution in [1.29, 1.82) is 0 Å². The van der Waals surface area contributed by atoms with Gasteiger partial charge in [0.2, 0.25) is 0 Å². The average Bonchev–Trinajstić information content (AvgIpc) is 3.42. The van der Waals surface area contributed by atoms with Crippen LogP contribution in [0.1, 0.15) is 15.9 Å². The molecule has 0 aliphatic rings. The van der Waals surface area contributed by atoms with Gasteiger partial charge in [-0.1, -0.05) is 41.7 Å². The van der Waals surface area contributed by atoms with E-state index < -0.39 is 0 Å². The van der Waals surface area contributed by atoms with Crippen LogP contribution in [0, 0.1) is 0 Å². The smallest absolute Gasteiger partial charge is 0.262 e. The van der Waals surface area contributed by atoms with Gasteiger partial charge in [0.25, 0.3) is 5.91 Å². The highest BCUT2D eigenvalue weighted by Crippen LogP contribution is 2.35. The molecule has 3 aromatic heterocycles. The van der Waals surface area contributed by atoms with Crippen molar-refractivity contribution in [3.8, 4) is 5.75 Å². The standard InChI is InChI=1S/C23H18N4O2S/c1-29-19-9-4-10-20-21(19)26-23(30-20)27(14-15-6-5-11-24-12-15)22(28)17-13-25-18-8-3-2-7-16(17)18/h2-13,25H,14H2,1H3. The molecule has 6 nitrogen and oxygen atoms in total. The quantitative estimate of drug-likeness (QED) is 0.438. The van der Waals surface area contributed by atoms with Crippen molar-refractivity contribution >= 4 is 43.5 Å². The predicted molar refractivity (Wildman–Crippen MR) is 119 cm³/mol. The summed E-state index contributed by atoms with van der Waals surface area (Å²) in [7, 11) is 1.62. The zero-order valence-electron chi connectivity index (χ0n) is 16.2. The highest BCUT2D eigenvalue weighted by molar-refractivity contribution is 7.22. The van der Waals surface area contributed by atoms with E-state index >= 15 is 0 Å². The molecular weight excluding hydrogens is 396 g/mol. The van der Waals surface area contributed by atoms with E-state index in [0.29, 0.717) is 23.0 Å². The third-order valence-corrected chi connectivity index (χ3v) is 5.99. The molecule has 0 aliphatic carbocycles. The molecule has 1 N–H and O–H groups in total. The van der Waals surface area contributed by atoms with Crippen molar-refractivity contribution < 1.29 is 9.53 Å². The number of H-pyrrole nitrogens is 1. The molecule has 0 aliphatic heterocycles. The summed E-state index contributed by atoms with van der Waals surface area (Å²) in [6.45, 7) is 0.369. The van der Waals surface area contributed by atoms with E-state index in [2.05, 4.69) is 9.97 Å². The summed E-state index contributed by atoms with van der Waals surface area (Å²) in [6, 6.07) is 17.4. The lowest BCUT2D eigenvalue weighted by molar-refractivity contribution is 0.0986. The van der Waals surface area contributed by atoms with Crippen molar-refractivity contribution in [3.05, 3.63) is 84.3 Å². The Balaban J connectivity index is 1.63. The Hall–Kier alpha value is -3.71. The first-order chi connectivity index (χ1) is 14.7. The molecule has 5 rings (SSSR count). The number of pyridine rings is 1. The molecule has 0 unspecified atom stereocenters. The number of amides is 1. The Morgan fingerprint density at radius 1 is 1.13 bits per heavy atom. The van der Waals surface area contributed by atoms with Crippen LogP contribution in [-0.2, 0) is 6.54 Å². The maximum atomic E-state index is 13.7. The van der Waals surface area contributed by atoms with Crippen molar-refractivity contribution in [2.24, 2.45) is 0 Å². The van der Waals surface area contributed by atoms with E-state index in [4.69, 9.17) is 9.72 Å². The molecular formula is C23H18N4O2S. The number of aromatic nitrogens is 3. The van der Waals surface area contributed by atoms with Gasteiger partial charge >= 0.3 is 0 Å². The van der Waals surface area contributed by atoms with Crippen molar-refractivity contribution in [2.45, 2.75) is 6.54 Å². The van der Waals surface area contributed by atoms with Gasteiger partial charge in [-0.25, -0.2) is 4.98 Å². The number of thiazole rings is 1. The summed E-state index contributed by atoms with van der Waals surface area (Å²) in [5.41, 5.74) is 3.22. The van der Waals surface area contributed by atoms with Crippen LogP contribution in [0.2, 0.25) is 0 Å². The Bertz CT molecular complexity index is 1340. The number of nitrogens with one attached hydrogen (secondary N) is 1.